The lowest BCUT2D eigenvalue weighted by Crippen LogP contribution is -2.31. The van der Waals surface area contributed by atoms with Gasteiger partial charge in [-0.2, -0.15) is 0 Å². The van der Waals surface area contributed by atoms with Gasteiger partial charge in [-0.1, -0.05) is 12.1 Å². The highest BCUT2D eigenvalue weighted by Gasteiger charge is 2.42. The quantitative estimate of drug-likeness (QED) is 0.597. The van der Waals surface area contributed by atoms with Crippen LogP contribution >= 0.6 is 0 Å². The average molecular weight is 180 g/mol. The van der Waals surface area contributed by atoms with E-state index in [1.807, 2.05) is 13.8 Å². The molecule has 0 radical (unpaired) electrons. The van der Waals surface area contributed by atoms with Gasteiger partial charge in [0.25, 0.3) is 0 Å². The molecule has 1 aliphatic heterocycles. The summed E-state index contributed by atoms with van der Waals surface area (Å²) >= 11 is 0. The first-order chi connectivity index (χ1) is 6.02. The summed E-state index contributed by atoms with van der Waals surface area (Å²) < 4.78 is 18.5. The van der Waals surface area contributed by atoms with Crippen molar-refractivity contribution in [2.75, 3.05) is 0 Å². The molecular formula is C9H10BFO2. The standard InChI is InChI=1S/C9H10BFO2/c1-9(2)6-4-3-5-7(11)8(6)10(12)13-9/h3-5,12H,1-2H3. The van der Waals surface area contributed by atoms with Gasteiger partial charge in [0.15, 0.2) is 0 Å². The van der Waals surface area contributed by atoms with Gasteiger partial charge in [0, 0.05) is 5.46 Å². The molecule has 1 heterocycles. The molecule has 0 aliphatic carbocycles. The summed E-state index contributed by atoms with van der Waals surface area (Å²) in [6.45, 7) is 3.61. The van der Waals surface area contributed by atoms with Gasteiger partial charge >= 0.3 is 7.12 Å². The van der Waals surface area contributed by atoms with Crippen LogP contribution in [0, 0.1) is 5.82 Å². The maximum atomic E-state index is 13.2. The van der Waals surface area contributed by atoms with Crippen molar-refractivity contribution in [3.63, 3.8) is 0 Å². The zero-order chi connectivity index (χ0) is 9.64. The first kappa shape index (κ1) is 8.72. The Morgan fingerprint density at radius 3 is 2.77 bits per heavy atom. The molecule has 13 heavy (non-hydrogen) atoms. The summed E-state index contributed by atoms with van der Waals surface area (Å²) in [7, 11) is -1.13. The molecule has 0 amide bonds. The van der Waals surface area contributed by atoms with Crippen LogP contribution in [0.25, 0.3) is 0 Å². The highest BCUT2D eigenvalue weighted by atomic mass is 19.1. The predicted molar refractivity (Wildman–Crippen MR) is 48.1 cm³/mol. The van der Waals surface area contributed by atoms with Gasteiger partial charge in [-0.3, -0.25) is 0 Å². The molecule has 0 bridgehead atoms. The molecule has 0 saturated heterocycles. The number of fused-ring (bicyclic) bond motifs is 1. The SMILES string of the molecule is CC1(C)OB(O)c2c(F)cccc21. The largest absolute Gasteiger partial charge is 0.495 e. The fourth-order valence-electron chi connectivity index (χ4n) is 1.71. The zero-order valence-electron chi connectivity index (χ0n) is 7.54. The van der Waals surface area contributed by atoms with E-state index in [1.54, 1.807) is 12.1 Å². The summed E-state index contributed by atoms with van der Waals surface area (Å²) in [6, 6.07) is 4.72. The number of hydrogen-bond acceptors (Lipinski definition) is 2. The van der Waals surface area contributed by atoms with Gasteiger partial charge in [-0.15, -0.1) is 0 Å². The van der Waals surface area contributed by atoms with E-state index in [9.17, 15) is 9.41 Å². The van der Waals surface area contributed by atoms with Crippen LogP contribution in [0.5, 0.6) is 0 Å². The first-order valence-corrected chi connectivity index (χ1v) is 4.17. The number of halogens is 1. The van der Waals surface area contributed by atoms with Crippen molar-refractivity contribution in [3.8, 4) is 0 Å². The molecule has 0 spiro atoms. The van der Waals surface area contributed by atoms with Crippen molar-refractivity contribution < 1.29 is 14.1 Å². The molecule has 4 heteroatoms. The van der Waals surface area contributed by atoms with Crippen LogP contribution in [0.1, 0.15) is 19.4 Å². The Hall–Kier alpha value is -0.865. The van der Waals surface area contributed by atoms with Crippen molar-refractivity contribution in [1.82, 2.24) is 0 Å². The topological polar surface area (TPSA) is 29.5 Å². The van der Waals surface area contributed by atoms with Crippen LogP contribution in [0.15, 0.2) is 18.2 Å². The van der Waals surface area contributed by atoms with Crippen LogP contribution in [-0.2, 0) is 10.3 Å². The lowest BCUT2D eigenvalue weighted by Gasteiger charge is -2.19. The second-order valence-electron chi connectivity index (χ2n) is 3.68. The predicted octanol–water partition coefficient (Wildman–Crippen LogP) is 0.779. The Labute approximate surface area is 76.5 Å². The molecule has 0 unspecified atom stereocenters. The third kappa shape index (κ3) is 1.17. The van der Waals surface area contributed by atoms with Crippen LogP contribution in [-0.4, -0.2) is 12.1 Å². The summed E-state index contributed by atoms with van der Waals surface area (Å²) in [5, 5.41) is 9.44. The van der Waals surface area contributed by atoms with Crippen LogP contribution in [0.3, 0.4) is 0 Å². The lowest BCUT2D eigenvalue weighted by atomic mass is 9.78. The molecule has 1 N–H and O–H groups in total. The van der Waals surface area contributed by atoms with E-state index in [0.29, 0.717) is 0 Å². The third-order valence-electron chi connectivity index (χ3n) is 2.35. The molecule has 2 nitrogen and oxygen atoms in total. The summed E-state index contributed by atoms with van der Waals surface area (Å²) in [5.74, 6) is -0.407. The maximum absolute atomic E-state index is 13.2. The average Bonchev–Trinajstić information content (AvgIpc) is 2.24. The molecule has 0 atom stereocenters. The maximum Gasteiger partial charge on any atom is 0.495 e. The van der Waals surface area contributed by atoms with E-state index in [2.05, 4.69) is 0 Å². The fourth-order valence-corrected chi connectivity index (χ4v) is 1.71. The van der Waals surface area contributed by atoms with E-state index in [0.717, 1.165) is 5.56 Å². The van der Waals surface area contributed by atoms with E-state index < -0.39 is 18.5 Å². The molecule has 0 fully saturated rings. The Bertz CT molecular complexity index is 351. The summed E-state index contributed by atoms with van der Waals surface area (Å²) in [4.78, 5) is 0. The van der Waals surface area contributed by atoms with Crippen molar-refractivity contribution >= 4 is 12.6 Å². The minimum atomic E-state index is -1.13. The van der Waals surface area contributed by atoms with Crippen molar-refractivity contribution in [3.05, 3.63) is 29.6 Å². The normalized spacial score (nSPS) is 18.9. The Morgan fingerprint density at radius 2 is 2.15 bits per heavy atom. The molecular weight excluding hydrogens is 170 g/mol. The van der Waals surface area contributed by atoms with Gasteiger partial charge in [0.05, 0.1) is 5.60 Å². The number of hydrogen-bond donors (Lipinski definition) is 1. The Balaban J connectivity index is 2.65. The number of benzene rings is 1. The van der Waals surface area contributed by atoms with Gasteiger partial charge in [-0.25, -0.2) is 4.39 Å². The second kappa shape index (κ2) is 2.56. The molecule has 1 aliphatic rings. The van der Waals surface area contributed by atoms with Gasteiger partial charge < -0.3 is 9.68 Å². The van der Waals surface area contributed by atoms with Crippen LogP contribution in [0.2, 0.25) is 0 Å². The van der Waals surface area contributed by atoms with Crippen LogP contribution < -0.4 is 5.46 Å². The lowest BCUT2D eigenvalue weighted by molar-refractivity contribution is 0.101. The zero-order valence-corrected chi connectivity index (χ0v) is 7.54. The molecule has 68 valence electrons. The van der Waals surface area contributed by atoms with Crippen molar-refractivity contribution in [2.24, 2.45) is 0 Å². The summed E-state index contributed by atoms with van der Waals surface area (Å²) in [6.07, 6.45) is 0. The smallest absolute Gasteiger partial charge is 0.423 e. The van der Waals surface area contributed by atoms with Gasteiger partial charge in [0.2, 0.25) is 0 Å². The molecule has 1 aromatic rings. The van der Waals surface area contributed by atoms with Gasteiger partial charge in [0.1, 0.15) is 5.82 Å². The van der Waals surface area contributed by atoms with Crippen molar-refractivity contribution in [1.29, 1.82) is 0 Å². The van der Waals surface area contributed by atoms with E-state index in [1.165, 1.54) is 6.07 Å². The third-order valence-corrected chi connectivity index (χ3v) is 2.35. The molecule has 0 aromatic heterocycles. The van der Waals surface area contributed by atoms with Gasteiger partial charge in [-0.05, 0) is 25.5 Å². The van der Waals surface area contributed by atoms with Crippen molar-refractivity contribution in [2.45, 2.75) is 19.4 Å². The number of rotatable bonds is 0. The second-order valence-corrected chi connectivity index (χ2v) is 3.68. The minimum Gasteiger partial charge on any atom is -0.423 e. The highest BCUT2D eigenvalue weighted by molar-refractivity contribution is 6.62. The van der Waals surface area contributed by atoms with E-state index >= 15 is 0 Å². The first-order valence-electron chi connectivity index (χ1n) is 4.17. The van der Waals surface area contributed by atoms with Crippen LogP contribution in [0.4, 0.5) is 4.39 Å². The minimum absolute atomic E-state index is 0.271. The van der Waals surface area contributed by atoms with E-state index in [-0.39, 0.29) is 5.46 Å². The Kier molecular flexibility index (Phi) is 1.72. The molecule has 2 rings (SSSR count). The van der Waals surface area contributed by atoms with E-state index in [4.69, 9.17) is 4.65 Å². The molecule has 0 saturated carbocycles. The monoisotopic (exact) mass is 180 g/mol. The highest BCUT2D eigenvalue weighted by Crippen LogP contribution is 2.29. The summed E-state index contributed by atoms with van der Waals surface area (Å²) in [5.41, 5.74) is 0.393. The fraction of sp³-hybridized carbons (Fsp3) is 0.333. The molecule has 1 aromatic carbocycles. The Morgan fingerprint density at radius 1 is 1.46 bits per heavy atom.